The van der Waals surface area contributed by atoms with Crippen LogP contribution in [0, 0.1) is 6.92 Å². The average molecular weight is 224 g/mol. The van der Waals surface area contributed by atoms with E-state index in [9.17, 15) is 4.79 Å². The van der Waals surface area contributed by atoms with Gasteiger partial charge in [0.25, 0.3) is 0 Å². The van der Waals surface area contributed by atoms with Gasteiger partial charge in [-0.2, -0.15) is 11.8 Å². The minimum Gasteiger partial charge on any atom is -0.469 e. The predicted molar refractivity (Wildman–Crippen MR) is 64.3 cm³/mol. The predicted octanol–water partition coefficient (Wildman–Crippen LogP) is 2.61. The summed E-state index contributed by atoms with van der Waals surface area (Å²) >= 11 is 1.65. The Labute approximate surface area is 95.0 Å². The van der Waals surface area contributed by atoms with Crippen LogP contribution >= 0.6 is 11.8 Å². The maximum Gasteiger partial charge on any atom is 0.313 e. The number of esters is 1. The summed E-state index contributed by atoms with van der Waals surface area (Å²) < 4.78 is 4.80. The Hall–Kier alpha value is -0.960. The van der Waals surface area contributed by atoms with E-state index >= 15 is 0 Å². The molecule has 0 saturated carbocycles. The normalized spacial score (nSPS) is 12.2. The van der Waals surface area contributed by atoms with Gasteiger partial charge in [0.1, 0.15) is 0 Å². The Morgan fingerprint density at radius 3 is 2.47 bits per heavy atom. The van der Waals surface area contributed by atoms with Gasteiger partial charge in [-0.1, -0.05) is 29.8 Å². The number of hydrogen-bond acceptors (Lipinski definition) is 3. The van der Waals surface area contributed by atoms with Crippen LogP contribution in [0.3, 0.4) is 0 Å². The van der Waals surface area contributed by atoms with Gasteiger partial charge in [0, 0.05) is 5.75 Å². The van der Waals surface area contributed by atoms with Crippen LogP contribution in [-0.4, -0.2) is 25.1 Å². The zero-order valence-corrected chi connectivity index (χ0v) is 10.1. The number of ether oxygens (including phenoxy) is 1. The van der Waals surface area contributed by atoms with Crippen molar-refractivity contribution < 1.29 is 9.53 Å². The highest BCUT2D eigenvalue weighted by atomic mass is 32.2. The van der Waals surface area contributed by atoms with Crippen LogP contribution in [0.25, 0.3) is 0 Å². The summed E-state index contributed by atoms with van der Waals surface area (Å²) in [4.78, 5) is 11.6. The molecule has 1 rings (SSSR count). The smallest absolute Gasteiger partial charge is 0.313 e. The van der Waals surface area contributed by atoms with Gasteiger partial charge in [-0.3, -0.25) is 4.79 Å². The minimum absolute atomic E-state index is 0.148. The molecule has 2 nitrogen and oxygen atoms in total. The van der Waals surface area contributed by atoms with E-state index in [1.54, 1.807) is 11.8 Å². The van der Waals surface area contributed by atoms with Crippen LogP contribution in [0.2, 0.25) is 0 Å². The third-order valence-electron chi connectivity index (χ3n) is 2.30. The third kappa shape index (κ3) is 3.27. The van der Waals surface area contributed by atoms with E-state index in [0.29, 0.717) is 0 Å². The van der Waals surface area contributed by atoms with Crippen LogP contribution < -0.4 is 0 Å². The number of benzene rings is 1. The molecule has 0 saturated heterocycles. The zero-order valence-electron chi connectivity index (χ0n) is 9.32. The second-order valence-electron chi connectivity index (χ2n) is 3.44. The van der Waals surface area contributed by atoms with E-state index in [2.05, 4.69) is 0 Å². The average Bonchev–Trinajstić information content (AvgIpc) is 2.26. The lowest BCUT2D eigenvalue weighted by molar-refractivity contribution is -0.141. The third-order valence-corrected chi connectivity index (χ3v) is 2.97. The molecule has 1 unspecified atom stereocenters. The van der Waals surface area contributed by atoms with Gasteiger partial charge in [-0.15, -0.1) is 0 Å². The number of rotatable bonds is 4. The molecular weight excluding hydrogens is 208 g/mol. The Morgan fingerprint density at radius 2 is 2.00 bits per heavy atom. The van der Waals surface area contributed by atoms with Gasteiger partial charge in [-0.25, -0.2) is 0 Å². The molecule has 0 aromatic heterocycles. The number of hydrogen-bond donors (Lipinski definition) is 0. The lowest BCUT2D eigenvalue weighted by atomic mass is 10.0. The SMILES string of the molecule is COC(=O)C(CSC)c1ccc(C)cc1. The number of aryl methyl sites for hydroxylation is 1. The summed E-state index contributed by atoms with van der Waals surface area (Å²) in [6.07, 6.45) is 1.99. The molecule has 0 aliphatic heterocycles. The summed E-state index contributed by atoms with van der Waals surface area (Å²) in [5.74, 6) is 0.453. The molecule has 82 valence electrons. The molecule has 0 N–H and O–H groups in total. The summed E-state index contributed by atoms with van der Waals surface area (Å²) in [5, 5.41) is 0. The Kier molecular flexibility index (Phi) is 4.69. The highest BCUT2D eigenvalue weighted by Crippen LogP contribution is 2.21. The van der Waals surface area contributed by atoms with Crippen molar-refractivity contribution in [2.24, 2.45) is 0 Å². The Bertz CT molecular complexity index is 319. The van der Waals surface area contributed by atoms with E-state index in [0.717, 1.165) is 11.3 Å². The quantitative estimate of drug-likeness (QED) is 0.735. The van der Waals surface area contributed by atoms with E-state index < -0.39 is 0 Å². The summed E-state index contributed by atoms with van der Waals surface area (Å²) in [7, 11) is 1.43. The summed E-state index contributed by atoms with van der Waals surface area (Å²) in [6, 6.07) is 8.03. The maximum absolute atomic E-state index is 11.6. The number of carbonyl (C=O) groups excluding carboxylic acids is 1. The first kappa shape index (κ1) is 12.1. The molecule has 0 heterocycles. The summed E-state index contributed by atoms with van der Waals surface area (Å²) in [6.45, 7) is 2.03. The highest BCUT2D eigenvalue weighted by Gasteiger charge is 2.20. The van der Waals surface area contributed by atoms with Crippen LogP contribution in [0.15, 0.2) is 24.3 Å². The lowest BCUT2D eigenvalue weighted by Gasteiger charge is -2.13. The monoisotopic (exact) mass is 224 g/mol. The zero-order chi connectivity index (χ0) is 11.3. The molecule has 0 aliphatic rings. The molecule has 15 heavy (non-hydrogen) atoms. The van der Waals surface area contributed by atoms with Gasteiger partial charge < -0.3 is 4.74 Å². The molecule has 0 spiro atoms. The molecule has 0 bridgehead atoms. The van der Waals surface area contributed by atoms with Gasteiger partial charge in [0.2, 0.25) is 0 Å². The first-order valence-electron chi connectivity index (χ1n) is 4.82. The lowest BCUT2D eigenvalue weighted by Crippen LogP contribution is -2.16. The van der Waals surface area contributed by atoms with Gasteiger partial charge in [0.05, 0.1) is 13.0 Å². The maximum atomic E-state index is 11.6. The van der Waals surface area contributed by atoms with E-state index in [1.165, 1.54) is 12.7 Å². The van der Waals surface area contributed by atoms with Crippen molar-refractivity contribution in [2.75, 3.05) is 19.1 Å². The van der Waals surface area contributed by atoms with Crippen molar-refractivity contribution >= 4 is 17.7 Å². The Balaban J connectivity index is 2.88. The van der Waals surface area contributed by atoms with Gasteiger partial charge in [-0.05, 0) is 18.7 Å². The van der Waals surface area contributed by atoms with E-state index in [4.69, 9.17) is 4.74 Å². The van der Waals surface area contributed by atoms with Gasteiger partial charge >= 0.3 is 5.97 Å². The molecule has 3 heteroatoms. The second kappa shape index (κ2) is 5.81. The molecular formula is C12H16O2S. The van der Waals surface area contributed by atoms with Crippen molar-refractivity contribution in [1.29, 1.82) is 0 Å². The minimum atomic E-state index is -0.159. The van der Waals surface area contributed by atoms with Crippen molar-refractivity contribution in [3.05, 3.63) is 35.4 Å². The van der Waals surface area contributed by atoms with Crippen LogP contribution in [0.5, 0.6) is 0 Å². The molecule has 1 aromatic carbocycles. The van der Waals surface area contributed by atoms with Crippen LogP contribution in [-0.2, 0) is 9.53 Å². The number of carbonyl (C=O) groups is 1. The second-order valence-corrected chi connectivity index (χ2v) is 4.35. The molecule has 0 fully saturated rings. The number of thioether (sulfide) groups is 1. The van der Waals surface area contributed by atoms with Crippen molar-refractivity contribution in [2.45, 2.75) is 12.8 Å². The fourth-order valence-corrected chi connectivity index (χ4v) is 2.07. The fourth-order valence-electron chi connectivity index (χ4n) is 1.41. The topological polar surface area (TPSA) is 26.3 Å². The molecule has 0 aliphatic carbocycles. The van der Waals surface area contributed by atoms with Crippen LogP contribution in [0.1, 0.15) is 17.0 Å². The molecule has 0 amide bonds. The largest absolute Gasteiger partial charge is 0.469 e. The highest BCUT2D eigenvalue weighted by molar-refractivity contribution is 7.98. The van der Waals surface area contributed by atoms with Crippen molar-refractivity contribution in [3.63, 3.8) is 0 Å². The van der Waals surface area contributed by atoms with E-state index in [-0.39, 0.29) is 11.9 Å². The summed E-state index contributed by atoms with van der Waals surface area (Å²) in [5.41, 5.74) is 2.23. The van der Waals surface area contributed by atoms with E-state index in [1.807, 2.05) is 37.4 Å². The first-order chi connectivity index (χ1) is 7.19. The Morgan fingerprint density at radius 1 is 1.40 bits per heavy atom. The molecule has 0 radical (unpaired) electrons. The number of methoxy groups -OCH3 is 1. The van der Waals surface area contributed by atoms with Crippen molar-refractivity contribution in [1.82, 2.24) is 0 Å². The standard InChI is InChI=1S/C12H16O2S/c1-9-4-6-10(7-5-9)11(8-15-3)12(13)14-2/h4-7,11H,8H2,1-3H3. The van der Waals surface area contributed by atoms with Crippen LogP contribution in [0.4, 0.5) is 0 Å². The molecule has 1 aromatic rings. The first-order valence-corrected chi connectivity index (χ1v) is 6.21. The van der Waals surface area contributed by atoms with Gasteiger partial charge in [0.15, 0.2) is 0 Å². The molecule has 1 atom stereocenters. The fraction of sp³-hybridized carbons (Fsp3) is 0.417. The van der Waals surface area contributed by atoms with Crippen molar-refractivity contribution in [3.8, 4) is 0 Å².